The van der Waals surface area contributed by atoms with E-state index in [1.807, 2.05) is 6.07 Å². The average Bonchev–Trinajstić information content (AvgIpc) is 2.60. The van der Waals surface area contributed by atoms with Crippen molar-refractivity contribution in [3.8, 4) is 11.5 Å². The third kappa shape index (κ3) is 3.70. The molecule has 2 N–H and O–H groups in total. The number of hydrogen-bond donors (Lipinski definition) is 2. The van der Waals surface area contributed by atoms with Gasteiger partial charge >= 0.3 is 6.03 Å². The summed E-state index contributed by atoms with van der Waals surface area (Å²) in [5.41, 5.74) is 3.17. The van der Waals surface area contributed by atoms with Crippen molar-refractivity contribution in [2.45, 2.75) is 0 Å². The lowest BCUT2D eigenvalue weighted by Gasteiger charge is -2.24. The molecule has 2 aromatic carbocycles. The predicted molar refractivity (Wildman–Crippen MR) is 86.6 cm³/mol. The van der Waals surface area contributed by atoms with Crippen molar-refractivity contribution >= 4 is 23.8 Å². The van der Waals surface area contributed by atoms with Crippen LogP contribution in [0.25, 0.3) is 0 Å². The molecule has 0 radical (unpaired) electrons. The molecule has 0 aliphatic rings. The summed E-state index contributed by atoms with van der Waals surface area (Å²) in [6, 6.07) is 12.8. The number of urea groups is 1. The summed E-state index contributed by atoms with van der Waals surface area (Å²) in [5, 5.41) is 10.8. The Morgan fingerprint density at radius 1 is 1.22 bits per heavy atom. The number of nitrogens with one attached hydrogen (secondary N) is 1. The van der Waals surface area contributed by atoms with Gasteiger partial charge in [-0.1, -0.05) is 18.2 Å². The van der Waals surface area contributed by atoms with Gasteiger partial charge in [-0.15, -0.1) is 0 Å². The van der Waals surface area contributed by atoms with E-state index in [9.17, 15) is 14.7 Å². The molecule has 0 aliphatic carbocycles. The Kier molecular flexibility index (Phi) is 5.03. The van der Waals surface area contributed by atoms with Gasteiger partial charge < -0.3 is 9.84 Å². The summed E-state index contributed by atoms with van der Waals surface area (Å²) in [6.45, 7) is 0. The summed E-state index contributed by atoms with van der Waals surface area (Å²) in [4.78, 5) is 24.9. The number of anilines is 2. The number of para-hydroxylation sites is 1. The molecule has 23 heavy (non-hydrogen) atoms. The number of carbonyl (C=O) groups is 2. The Labute approximate surface area is 133 Å². The summed E-state index contributed by atoms with van der Waals surface area (Å²) >= 11 is 0. The average molecular weight is 315 g/mol. The van der Waals surface area contributed by atoms with E-state index in [1.165, 1.54) is 24.1 Å². The van der Waals surface area contributed by atoms with Gasteiger partial charge in [0, 0.05) is 18.8 Å². The summed E-state index contributed by atoms with van der Waals surface area (Å²) in [5.74, 6) is 0.274. The number of ether oxygens (including phenoxy) is 1. The number of carbonyl (C=O) groups excluding carboxylic acids is 2. The van der Waals surface area contributed by atoms with Gasteiger partial charge in [-0.2, -0.15) is 0 Å². The maximum atomic E-state index is 12.3. The maximum absolute atomic E-state index is 12.3. The van der Waals surface area contributed by atoms with Crippen LogP contribution in [0.1, 0.15) is 0 Å². The SMILES string of the molecule is COc1ccc(O)c(N(C=O)NC(=O)N(C)c2ccccc2)c1. The number of phenolic OH excluding ortho intramolecular Hbond substituents is 1. The summed E-state index contributed by atoms with van der Waals surface area (Å²) < 4.78 is 5.05. The Hall–Kier alpha value is -3.22. The zero-order chi connectivity index (χ0) is 16.8. The molecule has 0 aromatic heterocycles. The highest BCUT2D eigenvalue weighted by Gasteiger charge is 2.17. The van der Waals surface area contributed by atoms with Gasteiger partial charge in [-0.25, -0.2) is 15.2 Å². The quantitative estimate of drug-likeness (QED) is 0.654. The van der Waals surface area contributed by atoms with Crippen LogP contribution in [-0.4, -0.2) is 31.7 Å². The van der Waals surface area contributed by atoms with E-state index in [2.05, 4.69) is 5.43 Å². The molecule has 0 unspecified atom stereocenters. The van der Waals surface area contributed by atoms with Crippen LogP contribution in [0.3, 0.4) is 0 Å². The van der Waals surface area contributed by atoms with Crippen LogP contribution in [0.4, 0.5) is 16.2 Å². The van der Waals surface area contributed by atoms with E-state index >= 15 is 0 Å². The van der Waals surface area contributed by atoms with Crippen molar-refractivity contribution in [2.24, 2.45) is 0 Å². The molecule has 0 spiro atoms. The first-order valence-electron chi connectivity index (χ1n) is 6.77. The number of hydrazine groups is 1. The molecule has 2 aromatic rings. The van der Waals surface area contributed by atoms with Crippen LogP contribution in [0, 0.1) is 0 Å². The Balaban J connectivity index is 2.19. The fourth-order valence-corrected chi connectivity index (χ4v) is 1.91. The molecule has 0 atom stereocenters. The van der Waals surface area contributed by atoms with Crippen LogP contribution in [0.15, 0.2) is 48.5 Å². The molecule has 3 amide bonds. The van der Waals surface area contributed by atoms with Crippen LogP contribution in [-0.2, 0) is 4.79 Å². The number of rotatable bonds is 5. The molecule has 2 rings (SSSR count). The van der Waals surface area contributed by atoms with Crippen molar-refractivity contribution in [1.29, 1.82) is 0 Å². The first-order valence-corrected chi connectivity index (χ1v) is 6.77. The third-order valence-corrected chi connectivity index (χ3v) is 3.21. The predicted octanol–water partition coefficient (Wildman–Crippen LogP) is 2.12. The lowest BCUT2D eigenvalue weighted by Crippen LogP contribution is -2.47. The molecule has 7 nitrogen and oxygen atoms in total. The standard InChI is InChI=1S/C16H17N3O4/c1-18(12-6-4-3-5-7-12)16(22)17-19(11-20)14-10-13(23-2)8-9-15(14)21/h3-11,21H,1-2H3,(H,17,22). The smallest absolute Gasteiger partial charge is 0.340 e. The molecule has 0 heterocycles. The highest BCUT2D eigenvalue weighted by Crippen LogP contribution is 2.29. The highest BCUT2D eigenvalue weighted by atomic mass is 16.5. The van der Waals surface area contributed by atoms with Gasteiger partial charge in [0.25, 0.3) is 0 Å². The molecular formula is C16H17N3O4. The number of nitrogens with zero attached hydrogens (tertiary/aromatic N) is 2. The Morgan fingerprint density at radius 2 is 1.91 bits per heavy atom. The van der Waals surface area contributed by atoms with Gasteiger partial charge in [-0.05, 0) is 24.3 Å². The number of phenols is 1. The Morgan fingerprint density at radius 3 is 2.52 bits per heavy atom. The third-order valence-electron chi connectivity index (χ3n) is 3.21. The minimum absolute atomic E-state index is 0.106. The fourth-order valence-electron chi connectivity index (χ4n) is 1.91. The number of benzene rings is 2. The van der Waals surface area contributed by atoms with E-state index < -0.39 is 6.03 Å². The normalized spacial score (nSPS) is 9.83. The lowest BCUT2D eigenvalue weighted by atomic mass is 10.2. The maximum Gasteiger partial charge on any atom is 0.340 e. The Bertz CT molecular complexity index is 691. The van der Waals surface area contributed by atoms with Crippen molar-refractivity contribution in [2.75, 3.05) is 24.1 Å². The van der Waals surface area contributed by atoms with Crippen molar-refractivity contribution in [3.05, 3.63) is 48.5 Å². The van der Waals surface area contributed by atoms with E-state index in [1.54, 1.807) is 37.4 Å². The molecule has 0 fully saturated rings. The number of amides is 3. The first-order chi connectivity index (χ1) is 11.1. The molecular weight excluding hydrogens is 298 g/mol. The number of methoxy groups -OCH3 is 1. The molecule has 0 bridgehead atoms. The number of aromatic hydroxyl groups is 1. The second kappa shape index (κ2) is 7.17. The highest BCUT2D eigenvalue weighted by molar-refractivity contribution is 5.95. The second-order valence-corrected chi connectivity index (χ2v) is 4.64. The van der Waals surface area contributed by atoms with Gasteiger partial charge in [0.2, 0.25) is 6.41 Å². The monoisotopic (exact) mass is 315 g/mol. The van der Waals surface area contributed by atoms with E-state index in [-0.39, 0.29) is 11.4 Å². The van der Waals surface area contributed by atoms with Crippen molar-refractivity contribution in [3.63, 3.8) is 0 Å². The molecule has 7 heteroatoms. The van der Waals surface area contributed by atoms with Crippen LogP contribution < -0.4 is 20.1 Å². The van der Waals surface area contributed by atoms with Crippen LogP contribution >= 0.6 is 0 Å². The zero-order valence-corrected chi connectivity index (χ0v) is 12.8. The van der Waals surface area contributed by atoms with Gasteiger partial charge in [0.15, 0.2) is 0 Å². The topological polar surface area (TPSA) is 82.1 Å². The minimum atomic E-state index is -0.537. The first kappa shape index (κ1) is 16.2. The summed E-state index contributed by atoms with van der Waals surface area (Å²) in [6.07, 6.45) is 0.394. The van der Waals surface area contributed by atoms with Crippen molar-refractivity contribution in [1.82, 2.24) is 5.43 Å². The van der Waals surface area contributed by atoms with Crippen LogP contribution in [0.5, 0.6) is 11.5 Å². The fraction of sp³-hybridized carbons (Fsp3) is 0.125. The van der Waals surface area contributed by atoms with E-state index in [4.69, 9.17) is 4.74 Å². The summed E-state index contributed by atoms with van der Waals surface area (Å²) in [7, 11) is 3.03. The van der Waals surface area contributed by atoms with E-state index in [0.717, 1.165) is 5.01 Å². The second-order valence-electron chi connectivity index (χ2n) is 4.64. The lowest BCUT2D eigenvalue weighted by molar-refractivity contribution is -0.107. The zero-order valence-electron chi connectivity index (χ0n) is 12.8. The molecule has 0 saturated carbocycles. The van der Waals surface area contributed by atoms with Gasteiger partial charge in [0.05, 0.1) is 7.11 Å². The molecule has 120 valence electrons. The molecule has 0 saturated heterocycles. The van der Waals surface area contributed by atoms with Gasteiger partial charge in [0.1, 0.15) is 17.2 Å². The van der Waals surface area contributed by atoms with Crippen LogP contribution in [0.2, 0.25) is 0 Å². The molecule has 0 aliphatic heterocycles. The van der Waals surface area contributed by atoms with E-state index in [0.29, 0.717) is 17.8 Å². The van der Waals surface area contributed by atoms with Crippen molar-refractivity contribution < 1.29 is 19.4 Å². The minimum Gasteiger partial charge on any atom is -0.506 e. The van der Waals surface area contributed by atoms with Gasteiger partial charge in [-0.3, -0.25) is 9.69 Å². The largest absolute Gasteiger partial charge is 0.506 e. The number of hydrogen-bond acceptors (Lipinski definition) is 4.